The molecule has 0 spiro atoms. The average molecular weight is 436 g/mol. The zero-order valence-electron chi connectivity index (χ0n) is 19.4. The summed E-state index contributed by atoms with van der Waals surface area (Å²) in [5, 5.41) is 9.59. The molecule has 5 nitrogen and oxygen atoms in total. The summed E-state index contributed by atoms with van der Waals surface area (Å²) in [7, 11) is 0. The molecular weight excluding hydrogens is 402 g/mol. The van der Waals surface area contributed by atoms with Gasteiger partial charge in [0.1, 0.15) is 11.3 Å². The van der Waals surface area contributed by atoms with Gasteiger partial charge in [-0.2, -0.15) is 0 Å². The van der Waals surface area contributed by atoms with Crippen molar-refractivity contribution in [2.24, 2.45) is 5.41 Å². The minimum absolute atomic E-state index is 0.0668. The Labute approximate surface area is 189 Å². The van der Waals surface area contributed by atoms with E-state index < -0.39 is 11.4 Å². The number of hydrogen-bond acceptors (Lipinski definition) is 3. The Bertz CT molecular complexity index is 1130. The van der Waals surface area contributed by atoms with Crippen LogP contribution in [0.1, 0.15) is 98.3 Å². The molecule has 1 atom stereocenters. The zero-order chi connectivity index (χ0) is 22.6. The minimum atomic E-state index is -1.16. The molecule has 1 fully saturated rings. The first-order valence-corrected chi connectivity index (χ1v) is 12.1. The van der Waals surface area contributed by atoms with Crippen molar-refractivity contribution in [1.29, 1.82) is 0 Å². The molecule has 3 aliphatic rings. The molecule has 32 heavy (non-hydrogen) atoms. The SMILES string of the molecule is CC(C)(C)[C@@H]1Cc2c(cc(C3CCCCCC3)c3c2CCO3)-c2cc(=O)c(C(=O)O)cn21. The molecule has 2 aliphatic heterocycles. The summed E-state index contributed by atoms with van der Waals surface area (Å²) in [6.45, 7) is 7.27. The molecule has 5 heteroatoms. The van der Waals surface area contributed by atoms with Crippen LogP contribution in [0.4, 0.5) is 0 Å². The summed E-state index contributed by atoms with van der Waals surface area (Å²) in [6.07, 6.45) is 10.8. The van der Waals surface area contributed by atoms with Gasteiger partial charge in [-0.1, -0.05) is 46.5 Å². The summed E-state index contributed by atoms with van der Waals surface area (Å²) in [5.74, 6) is 0.431. The van der Waals surface area contributed by atoms with Crippen molar-refractivity contribution < 1.29 is 14.6 Å². The van der Waals surface area contributed by atoms with Crippen LogP contribution < -0.4 is 10.2 Å². The molecule has 0 saturated heterocycles. The Hall–Kier alpha value is -2.56. The second kappa shape index (κ2) is 7.79. The van der Waals surface area contributed by atoms with Crippen molar-refractivity contribution in [3.8, 4) is 17.0 Å². The van der Waals surface area contributed by atoms with Gasteiger partial charge in [-0.05, 0) is 47.8 Å². The quantitative estimate of drug-likeness (QED) is 0.612. The molecule has 5 rings (SSSR count). The first kappa shape index (κ1) is 21.3. The summed E-state index contributed by atoms with van der Waals surface area (Å²) in [6, 6.07) is 3.90. The van der Waals surface area contributed by atoms with E-state index in [1.165, 1.54) is 55.2 Å². The van der Waals surface area contributed by atoms with Gasteiger partial charge >= 0.3 is 5.97 Å². The first-order chi connectivity index (χ1) is 15.3. The Kier molecular flexibility index (Phi) is 5.18. The molecule has 3 heterocycles. The lowest BCUT2D eigenvalue weighted by atomic mass is 9.76. The maximum atomic E-state index is 12.7. The second-order valence-corrected chi connectivity index (χ2v) is 10.8. The highest BCUT2D eigenvalue weighted by molar-refractivity contribution is 5.88. The van der Waals surface area contributed by atoms with E-state index in [1.807, 2.05) is 0 Å². The van der Waals surface area contributed by atoms with Gasteiger partial charge in [0.05, 0.1) is 12.3 Å². The molecule has 1 saturated carbocycles. The molecule has 0 bridgehead atoms. The summed E-state index contributed by atoms with van der Waals surface area (Å²) in [4.78, 5) is 24.5. The monoisotopic (exact) mass is 435 g/mol. The first-order valence-electron chi connectivity index (χ1n) is 12.1. The van der Waals surface area contributed by atoms with Crippen molar-refractivity contribution in [2.75, 3.05) is 6.61 Å². The van der Waals surface area contributed by atoms with E-state index in [9.17, 15) is 14.7 Å². The van der Waals surface area contributed by atoms with E-state index in [4.69, 9.17) is 4.74 Å². The van der Waals surface area contributed by atoms with Gasteiger partial charge < -0.3 is 14.4 Å². The highest BCUT2D eigenvalue weighted by Crippen LogP contribution is 2.50. The van der Waals surface area contributed by atoms with E-state index >= 15 is 0 Å². The Morgan fingerprint density at radius 1 is 1.09 bits per heavy atom. The molecular formula is C27H33NO4. The van der Waals surface area contributed by atoms with Crippen molar-refractivity contribution in [3.63, 3.8) is 0 Å². The van der Waals surface area contributed by atoms with E-state index in [1.54, 1.807) is 12.3 Å². The smallest absolute Gasteiger partial charge is 0.341 e. The number of nitrogens with zero attached hydrogens (tertiary/aromatic N) is 1. The van der Waals surface area contributed by atoms with Crippen molar-refractivity contribution in [1.82, 2.24) is 4.57 Å². The van der Waals surface area contributed by atoms with Crippen LogP contribution in [0.5, 0.6) is 5.75 Å². The van der Waals surface area contributed by atoms with Crippen LogP contribution in [0.3, 0.4) is 0 Å². The van der Waals surface area contributed by atoms with Crippen molar-refractivity contribution >= 4 is 5.97 Å². The molecule has 1 aliphatic carbocycles. The average Bonchev–Trinajstić information content (AvgIpc) is 3.07. The number of carbonyl (C=O) groups is 1. The van der Waals surface area contributed by atoms with Crippen LogP contribution in [-0.4, -0.2) is 22.2 Å². The maximum Gasteiger partial charge on any atom is 0.341 e. The van der Waals surface area contributed by atoms with E-state index in [2.05, 4.69) is 31.4 Å². The number of aromatic nitrogens is 1. The van der Waals surface area contributed by atoms with Crippen molar-refractivity contribution in [3.05, 3.63) is 50.8 Å². The number of benzene rings is 1. The van der Waals surface area contributed by atoms with E-state index in [0.717, 1.165) is 36.5 Å². The lowest BCUT2D eigenvalue weighted by Crippen LogP contribution is -2.33. The Balaban J connectivity index is 1.75. The number of carboxylic acids is 1. The number of fused-ring (bicyclic) bond motifs is 5. The van der Waals surface area contributed by atoms with Crippen LogP contribution in [0.15, 0.2) is 23.1 Å². The number of pyridine rings is 1. The number of rotatable bonds is 2. The number of hydrogen-bond donors (Lipinski definition) is 1. The molecule has 1 N–H and O–H groups in total. The third-order valence-electron chi connectivity index (χ3n) is 7.74. The van der Waals surface area contributed by atoms with Crippen LogP contribution in [0.2, 0.25) is 0 Å². The van der Waals surface area contributed by atoms with E-state index in [-0.39, 0.29) is 17.0 Å². The van der Waals surface area contributed by atoms with Crippen LogP contribution >= 0.6 is 0 Å². The summed E-state index contributed by atoms with van der Waals surface area (Å²) >= 11 is 0. The molecule has 0 radical (unpaired) electrons. The normalized spacial score (nSPS) is 20.7. The standard InChI is InChI=1S/C27H33NO4/c1-27(2,3)24-13-19-17-10-11-32-25(17)18(16-8-6-4-5-7-9-16)12-20(19)22-14-23(29)21(26(30)31)15-28(22)24/h12,14-16,24H,4-11,13H2,1-3H3,(H,30,31)/t24-/m0/s1. The Morgan fingerprint density at radius 2 is 1.81 bits per heavy atom. The number of aromatic carboxylic acids is 1. The van der Waals surface area contributed by atoms with Gasteiger partial charge in [0.25, 0.3) is 0 Å². The third-order valence-corrected chi connectivity index (χ3v) is 7.74. The van der Waals surface area contributed by atoms with Gasteiger partial charge in [0, 0.05) is 35.9 Å². The lowest BCUT2D eigenvalue weighted by molar-refractivity contribution is 0.0693. The molecule has 1 aromatic carbocycles. The molecule has 1 aromatic heterocycles. The van der Waals surface area contributed by atoms with Crippen LogP contribution in [0, 0.1) is 5.41 Å². The largest absolute Gasteiger partial charge is 0.493 e. The molecule has 0 unspecified atom stereocenters. The molecule has 170 valence electrons. The topological polar surface area (TPSA) is 68.5 Å². The predicted molar refractivity (Wildman–Crippen MR) is 125 cm³/mol. The fourth-order valence-electron chi connectivity index (χ4n) is 6.03. The fourth-order valence-corrected chi connectivity index (χ4v) is 6.03. The van der Waals surface area contributed by atoms with Gasteiger partial charge in [-0.25, -0.2) is 4.79 Å². The zero-order valence-corrected chi connectivity index (χ0v) is 19.4. The van der Waals surface area contributed by atoms with Crippen molar-refractivity contribution in [2.45, 2.75) is 84.1 Å². The second-order valence-electron chi connectivity index (χ2n) is 10.8. The fraction of sp³-hybridized carbons (Fsp3) is 0.556. The summed E-state index contributed by atoms with van der Waals surface area (Å²) in [5.41, 5.74) is 5.19. The van der Waals surface area contributed by atoms with Crippen LogP contribution in [0.25, 0.3) is 11.3 Å². The molecule has 0 amide bonds. The molecule has 2 aromatic rings. The highest BCUT2D eigenvalue weighted by atomic mass is 16.5. The van der Waals surface area contributed by atoms with E-state index in [0.29, 0.717) is 5.92 Å². The highest BCUT2D eigenvalue weighted by Gasteiger charge is 2.37. The van der Waals surface area contributed by atoms with Gasteiger partial charge in [-0.3, -0.25) is 4.79 Å². The lowest BCUT2D eigenvalue weighted by Gasteiger charge is -2.40. The predicted octanol–water partition coefficient (Wildman–Crippen LogP) is 5.73. The van der Waals surface area contributed by atoms with Gasteiger partial charge in [0.2, 0.25) is 0 Å². The third kappa shape index (κ3) is 3.46. The van der Waals surface area contributed by atoms with Gasteiger partial charge in [0.15, 0.2) is 5.43 Å². The summed E-state index contributed by atoms with van der Waals surface area (Å²) < 4.78 is 8.29. The maximum absolute atomic E-state index is 12.7. The minimum Gasteiger partial charge on any atom is -0.493 e. The number of carboxylic acid groups (broad SMARTS) is 1. The Morgan fingerprint density at radius 3 is 2.47 bits per heavy atom. The van der Waals surface area contributed by atoms with Gasteiger partial charge in [-0.15, -0.1) is 0 Å². The van der Waals surface area contributed by atoms with Crippen LogP contribution in [-0.2, 0) is 12.8 Å². The number of ether oxygens (including phenoxy) is 1.